The van der Waals surface area contributed by atoms with E-state index >= 15 is 0 Å². The van der Waals surface area contributed by atoms with E-state index in [0.29, 0.717) is 11.3 Å². The number of nitrogens with zero attached hydrogens (tertiary/aromatic N) is 1. The molecule has 0 fully saturated rings. The second kappa shape index (κ2) is 6.82. The summed E-state index contributed by atoms with van der Waals surface area (Å²) in [5.74, 6) is 0.0636. The number of hydrogen-bond donors (Lipinski definition) is 0. The minimum Gasteiger partial charge on any atom is -0.496 e. The summed E-state index contributed by atoms with van der Waals surface area (Å²) in [6.07, 6.45) is 1.47. The first-order valence-corrected chi connectivity index (χ1v) is 6.04. The Morgan fingerprint density at radius 1 is 1.56 bits per heavy atom. The van der Waals surface area contributed by atoms with Gasteiger partial charge in [-0.1, -0.05) is 6.07 Å². The first kappa shape index (κ1) is 14.3. The van der Waals surface area contributed by atoms with Crippen LogP contribution in [0.4, 0.5) is 0 Å². The van der Waals surface area contributed by atoms with Crippen LogP contribution < -0.4 is 4.74 Å². The van der Waals surface area contributed by atoms with Crippen LogP contribution in [-0.2, 0) is 9.53 Å². The molecule has 4 nitrogen and oxygen atoms in total. The van der Waals surface area contributed by atoms with Crippen LogP contribution in [0.2, 0.25) is 0 Å². The molecule has 1 aromatic rings. The SMILES string of the molecule is CCOC(=O)/C(C#N)=C/c1ccc(OC)c(Br)c1. The minimum absolute atomic E-state index is 0.0334. The summed E-state index contributed by atoms with van der Waals surface area (Å²) in [5.41, 5.74) is 0.682. The van der Waals surface area contributed by atoms with Crippen molar-refractivity contribution in [3.8, 4) is 11.8 Å². The summed E-state index contributed by atoms with van der Waals surface area (Å²) < 4.78 is 10.6. The fraction of sp³-hybridized carbons (Fsp3) is 0.231. The van der Waals surface area contributed by atoms with Crippen molar-refractivity contribution in [1.29, 1.82) is 5.26 Å². The minimum atomic E-state index is -0.619. The van der Waals surface area contributed by atoms with Gasteiger partial charge in [0.05, 0.1) is 18.2 Å². The Bertz CT molecular complexity index is 517. The monoisotopic (exact) mass is 309 g/mol. The highest BCUT2D eigenvalue weighted by atomic mass is 79.9. The Balaban J connectivity index is 3.04. The predicted octanol–water partition coefficient (Wildman–Crippen LogP) is 2.93. The molecule has 18 heavy (non-hydrogen) atoms. The molecule has 0 bridgehead atoms. The summed E-state index contributed by atoms with van der Waals surface area (Å²) in [6.45, 7) is 1.93. The standard InChI is InChI=1S/C13H12BrNO3/c1-3-18-13(16)10(8-15)6-9-4-5-12(17-2)11(14)7-9/h4-7H,3H2,1-2H3/b10-6+. The zero-order valence-corrected chi connectivity index (χ0v) is 11.7. The van der Waals surface area contributed by atoms with Crippen LogP contribution in [0, 0.1) is 11.3 Å². The van der Waals surface area contributed by atoms with Crippen molar-refractivity contribution >= 4 is 28.0 Å². The van der Waals surface area contributed by atoms with Gasteiger partial charge in [0.2, 0.25) is 0 Å². The lowest BCUT2D eigenvalue weighted by Gasteiger charge is -2.04. The van der Waals surface area contributed by atoms with E-state index in [1.807, 2.05) is 6.07 Å². The lowest BCUT2D eigenvalue weighted by molar-refractivity contribution is -0.137. The molecule has 0 N–H and O–H groups in total. The number of ether oxygens (including phenoxy) is 2. The molecule has 0 aliphatic carbocycles. The molecule has 0 radical (unpaired) electrons. The van der Waals surface area contributed by atoms with Crippen LogP contribution in [0.1, 0.15) is 12.5 Å². The maximum atomic E-state index is 11.4. The molecule has 0 saturated heterocycles. The summed E-state index contributed by atoms with van der Waals surface area (Å²) in [5, 5.41) is 8.90. The average Bonchev–Trinajstić information content (AvgIpc) is 2.36. The van der Waals surface area contributed by atoms with Gasteiger partial charge in [-0.05, 0) is 46.6 Å². The average molecular weight is 310 g/mol. The van der Waals surface area contributed by atoms with Gasteiger partial charge in [-0.3, -0.25) is 0 Å². The molecule has 0 spiro atoms. The zero-order chi connectivity index (χ0) is 13.5. The number of carbonyl (C=O) groups is 1. The molecule has 0 unspecified atom stereocenters. The Labute approximate surface area is 114 Å². The van der Waals surface area contributed by atoms with Gasteiger partial charge in [-0.25, -0.2) is 4.79 Å². The van der Waals surface area contributed by atoms with Crippen LogP contribution in [0.15, 0.2) is 28.2 Å². The quantitative estimate of drug-likeness (QED) is 0.487. The topological polar surface area (TPSA) is 59.3 Å². The number of esters is 1. The van der Waals surface area contributed by atoms with E-state index in [1.54, 1.807) is 32.2 Å². The number of hydrogen-bond acceptors (Lipinski definition) is 4. The molecule has 0 amide bonds. The van der Waals surface area contributed by atoms with Crippen LogP contribution in [0.3, 0.4) is 0 Å². The van der Waals surface area contributed by atoms with Crippen molar-refractivity contribution in [3.63, 3.8) is 0 Å². The fourth-order valence-electron chi connectivity index (χ4n) is 1.28. The van der Waals surface area contributed by atoms with E-state index in [2.05, 4.69) is 15.9 Å². The van der Waals surface area contributed by atoms with Gasteiger partial charge in [-0.15, -0.1) is 0 Å². The van der Waals surface area contributed by atoms with Gasteiger partial charge >= 0.3 is 5.97 Å². The normalized spacial score (nSPS) is 10.7. The molecular formula is C13H12BrNO3. The van der Waals surface area contributed by atoms with Crippen molar-refractivity contribution in [2.24, 2.45) is 0 Å². The van der Waals surface area contributed by atoms with Gasteiger partial charge in [0.15, 0.2) is 0 Å². The van der Waals surface area contributed by atoms with E-state index < -0.39 is 5.97 Å². The number of benzene rings is 1. The molecular weight excluding hydrogens is 298 g/mol. The third-order valence-corrected chi connectivity index (χ3v) is 2.72. The maximum Gasteiger partial charge on any atom is 0.348 e. The van der Waals surface area contributed by atoms with E-state index in [9.17, 15) is 4.79 Å². The lowest BCUT2D eigenvalue weighted by Crippen LogP contribution is -2.05. The number of methoxy groups -OCH3 is 1. The Hall–Kier alpha value is -1.80. The van der Waals surface area contributed by atoms with Crippen LogP contribution in [0.5, 0.6) is 5.75 Å². The van der Waals surface area contributed by atoms with Crippen molar-refractivity contribution in [2.45, 2.75) is 6.92 Å². The van der Waals surface area contributed by atoms with E-state index in [1.165, 1.54) is 6.08 Å². The van der Waals surface area contributed by atoms with Crippen LogP contribution in [-0.4, -0.2) is 19.7 Å². The van der Waals surface area contributed by atoms with Crippen molar-refractivity contribution in [3.05, 3.63) is 33.8 Å². The van der Waals surface area contributed by atoms with Gasteiger partial charge < -0.3 is 9.47 Å². The summed E-state index contributed by atoms with van der Waals surface area (Å²) in [7, 11) is 1.56. The molecule has 0 heterocycles. The molecule has 1 aromatic carbocycles. The second-order valence-corrected chi connectivity index (χ2v) is 4.14. The van der Waals surface area contributed by atoms with E-state index in [-0.39, 0.29) is 12.2 Å². The smallest absolute Gasteiger partial charge is 0.348 e. The van der Waals surface area contributed by atoms with Crippen LogP contribution in [0.25, 0.3) is 6.08 Å². The lowest BCUT2D eigenvalue weighted by atomic mass is 10.1. The first-order chi connectivity index (χ1) is 8.62. The van der Waals surface area contributed by atoms with Gasteiger partial charge in [0, 0.05) is 0 Å². The Morgan fingerprint density at radius 3 is 2.78 bits per heavy atom. The summed E-state index contributed by atoms with van der Waals surface area (Å²) in [6, 6.07) is 7.08. The van der Waals surface area contributed by atoms with Crippen molar-refractivity contribution < 1.29 is 14.3 Å². The zero-order valence-electron chi connectivity index (χ0n) is 10.1. The Kier molecular flexibility index (Phi) is 5.40. The number of halogens is 1. The molecule has 0 saturated carbocycles. The second-order valence-electron chi connectivity index (χ2n) is 3.28. The van der Waals surface area contributed by atoms with Gasteiger partial charge in [-0.2, -0.15) is 5.26 Å². The van der Waals surface area contributed by atoms with E-state index in [0.717, 1.165) is 4.47 Å². The number of carbonyl (C=O) groups excluding carboxylic acids is 1. The molecule has 5 heteroatoms. The largest absolute Gasteiger partial charge is 0.496 e. The Morgan fingerprint density at radius 2 is 2.28 bits per heavy atom. The highest BCUT2D eigenvalue weighted by Gasteiger charge is 2.10. The third-order valence-electron chi connectivity index (χ3n) is 2.10. The van der Waals surface area contributed by atoms with Crippen LogP contribution >= 0.6 is 15.9 Å². The first-order valence-electron chi connectivity index (χ1n) is 5.24. The highest BCUT2D eigenvalue weighted by molar-refractivity contribution is 9.10. The van der Waals surface area contributed by atoms with E-state index in [4.69, 9.17) is 14.7 Å². The molecule has 1 rings (SSSR count). The molecule has 0 aromatic heterocycles. The fourth-order valence-corrected chi connectivity index (χ4v) is 1.84. The molecule has 0 aliphatic rings. The van der Waals surface area contributed by atoms with Gasteiger partial charge in [0.25, 0.3) is 0 Å². The summed E-state index contributed by atoms with van der Waals surface area (Å²) >= 11 is 3.33. The molecule has 0 atom stereocenters. The highest BCUT2D eigenvalue weighted by Crippen LogP contribution is 2.26. The van der Waals surface area contributed by atoms with Crippen molar-refractivity contribution in [1.82, 2.24) is 0 Å². The molecule has 94 valence electrons. The third kappa shape index (κ3) is 3.60. The van der Waals surface area contributed by atoms with Gasteiger partial charge in [0.1, 0.15) is 17.4 Å². The summed E-state index contributed by atoms with van der Waals surface area (Å²) in [4.78, 5) is 11.4. The predicted molar refractivity (Wildman–Crippen MR) is 70.9 cm³/mol. The van der Waals surface area contributed by atoms with Crippen molar-refractivity contribution in [2.75, 3.05) is 13.7 Å². The number of nitriles is 1. The molecule has 0 aliphatic heterocycles. The number of rotatable bonds is 4. The maximum absolute atomic E-state index is 11.4.